The fourth-order valence-electron chi connectivity index (χ4n) is 4.83. The van der Waals surface area contributed by atoms with Crippen molar-refractivity contribution in [2.24, 2.45) is 0 Å². The molecular formula is C25H29N3O4S. The summed E-state index contributed by atoms with van der Waals surface area (Å²) in [5, 5.41) is 2.49. The molecule has 3 heterocycles. The van der Waals surface area contributed by atoms with Crippen LogP contribution in [0, 0.1) is 6.92 Å². The Hall–Kier alpha value is -2.68. The Balaban J connectivity index is 1.25. The SMILES string of the molecule is Cc1oc(C(=O)N2CCN(Cc3cccc4ccccc34)CC2)cc1S(=O)(=O)N1CCCC1. The minimum absolute atomic E-state index is 0.104. The lowest BCUT2D eigenvalue weighted by Crippen LogP contribution is -2.48. The standard InChI is InChI=1S/C25H29N3O4S/c1-19-24(33(30,31)28-11-4-5-12-28)17-23(32-19)25(29)27-15-13-26(14-16-27)18-21-9-6-8-20-7-2-3-10-22(20)21/h2-3,6-10,17H,4-5,11-16,18H2,1H3. The molecule has 2 aliphatic rings. The monoisotopic (exact) mass is 467 g/mol. The molecule has 0 bridgehead atoms. The summed E-state index contributed by atoms with van der Waals surface area (Å²) in [6, 6.07) is 16.2. The molecule has 33 heavy (non-hydrogen) atoms. The first-order valence-corrected chi connectivity index (χ1v) is 13.0. The van der Waals surface area contributed by atoms with E-state index in [0.717, 1.165) is 32.5 Å². The number of furan rings is 1. The molecule has 2 aromatic carbocycles. The van der Waals surface area contributed by atoms with Crippen molar-refractivity contribution in [3.05, 3.63) is 65.6 Å². The average molecular weight is 468 g/mol. The van der Waals surface area contributed by atoms with Crippen LogP contribution in [0.4, 0.5) is 0 Å². The number of hydrogen-bond donors (Lipinski definition) is 0. The van der Waals surface area contributed by atoms with Crippen LogP contribution in [0.5, 0.6) is 0 Å². The number of carbonyl (C=O) groups excluding carboxylic acids is 1. The lowest BCUT2D eigenvalue weighted by atomic mass is 10.0. The van der Waals surface area contributed by atoms with E-state index in [-0.39, 0.29) is 22.3 Å². The van der Waals surface area contributed by atoms with Crippen molar-refractivity contribution in [2.45, 2.75) is 31.2 Å². The first-order chi connectivity index (χ1) is 15.9. The number of piperazine rings is 1. The van der Waals surface area contributed by atoms with Crippen LogP contribution in [0.15, 0.2) is 57.8 Å². The predicted molar refractivity (Wildman–Crippen MR) is 127 cm³/mol. The van der Waals surface area contributed by atoms with Gasteiger partial charge in [-0.2, -0.15) is 4.31 Å². The zero-order valence-electron chi connectivity index (χ0n) is 18.9. The highest BCUT2D eigenvalue weighted by molar-refractivity contribution is 7.89. The van der Waals surface area contributed by atoms with Gasteiger partial charge in [-0.05, 0) is 36.1 Å². The second-order valence-corrected chi connectivity index (χ2v) is 10.8. The van der Waals surface area contributed by atoms with Gasteiger partial charge in [0.25, 0.3) is 5.91 Å². The number of aryl methyl sites for hydroxylation is 1. The summed E-state index contributed by atoms with van der Waals surface area (Å²) in [7, 11) is -3.61. The maximum Gasteiger partial charge on any atom is 0.289 e. The molecule has 0 saturated carbocycles. The fraction of sp³-hybridized carbons (Fsp3) is 0.400. The Morgan fingerprint density at radius 2 is 1.64 bits per heavy atom. The Labute approximate surface area is 194 Å². The zero-order valence-corrected chi connectivity index (χ0v) is 19.7. The first-order valence-electron chi connectivity index (χ1n) is 11.5. The van der Waals surface area contributed by atoms with Crippen LogP contribution in [0.1, 0.15) is 34.7 Å². The van der Waals surface area contributed by atoms with Crippen LogP contribution in [-0.4, -0.2) is 67.7 Å². The quantitative estimate of drug-likeness (QED) is 0.574. The summed E-state index contributed by atoms with van der Waals surface area (Å²) >= 11 is 0. The van der Waals surface area contributed by atoms with Gasteiger partial charge in [0.15, 0.2) is 5.76 Å². The van der Waals surface area contributed by atoms with Gasteiger partial charge in [-0.1, -0.05) is 42.5 Å². The second-order valence-electron chi connectivity index (χ2n) is 8.85. The molecule has 3 aromatic rings. The summed E-state index contributed by atoms with van der Waals surface area (Å²) < 4.78 is 32.9. The molecule has 0 spiro atoms. The minimum atomic E-state index is -3.61. The molecule has 2 saturated heterocycles. The molecule has 0 N–H and O–H groups in total. The molecule has 1 aromatic heterocycles. The molecule has 5 rings (SSSR count). The number of amides is 1. The number of nitrogens with zero attached hydrogens (tertiary/aromatic N) is 3. The smallest absolute Gasteiger partial charge is 0.289 e. The molecule has 2 aliphatic heterocycles. The maximum absolute atomic E-state index is 13.1. The number of hydrogen-bond acceptors (Lipinski definition) is 5. The summed E-state index contributed by atoms with van der Waals surface area (Å²) in [6.07, 6.45) is 1.73. The summed E-state index contributed by atoms with van der Waals surface area (Å²) in [6.45, 7) is 6.17. The number of sulfonamides is 1. The third kappa shape index (κ3) is 4.30. The van der Waals surface area contributed by atoms with Gasteiger partial charge < -0.3 is 9.32 Å². The van der Waals surface area contributed by atoms with Gasteiger partial charge in [-0.3, -0.25) is 9.69 Å². The van der Waals surface area contributed by atoms with Gasteiger partial charge in [-0.15, -0.1) is 0 Å². The van der Waals surface area contributed by atoms with Crippen molar-refractivity contribution in [3.8, 4) is 0 Å². The van der Waals surface area contributed by atoms with Crippen LogP contribution in [0.3, 0.4) is 0 Å². The molecule has 1 amide bonds. The minimum Gasteiger partial charge on any atom is -0.455 e. The first kappa shape index (κ1) is 22.1. The van der Waals surface area contributed by atoms with Gasteiger partial charge in [0.05, 0.1) is 0 Å². The molecule has 7 nitrogen and oxygen atoms in total. The summed E-state index contributed by atoms with van der Waals surface area (Å²) in [5.41, 5.74) is 1.28. The Kier molecular flexibility index (Phi) is 5.99. The molecule has 0 radical (unpaired) electrons. The Morgan fingerprint density at radius 1 is 0.939 bits per heavy atom. The van der Waals surface area contributed by atoms with Crippen molar-refractivity contribution in [1.82, 2.24) is 14.1 Å². The number of rotatable bonds is 5. The van der Waals surface area contributed by atoms with E-state index in [1.54, 1.807) is 11.8 Å². The Bertz CT molecular complexity index is 1260. The van der Waals surface area contributed by atoms with Crippen molar-refractivity contribution < 1.29 is 17.6 Å². The number of fused-ring (bicyclic) bond motifs is 1. The van der Waals surface area contributed by atoms with Crippen LogP contribution in [-0.2, 0) is 16.6 Å². The van der Waals surface area contributed by atoms with Crippen molar-refractivity contribution in [2.75, 3.05) is 39.3 Å². The summed E-state index contributed by atoms with van der Waals surface area (Å²) in [5.74, 6) is 0.137. The van der Waals surface area contributed by atoms with E-state index in [0.29, 0.717) is 26.2 Å². The highest BCUT2D eigenvalue weighted by atomic mass is 32.2. The van der Waals surface area contributed by atoms with Crippen molar-refractivity contribution in [3.63, 3.8) is 0 Å². The lowest BCUT2D eigenvalue weighted by Gasteiger charge is -2.34. The number of carbonyl (C=O) groups is 1. The fourth-order valence-corrected chi connectivity index (χ4v) is 6.51. The molecule has 0 aliphatic carbocycles. The maximum atomic E-state index is 13.1. The normalized spacial score (nSPS) is 18.3. The Morgan fingerprint density at radius 3 is 2.39 bits per heavy atom. The van der Waals surface area contributed by atoms with E-state index in [9.17, 15) is 13.2 Å². The van der Waals surface area contributed by atoms with Gasteiger partial charge in [-0.25, -0.2) is 8.42 Å². The highest BCUT2D eigenvalue weighted by Gasteiger charge is 2.33. The van der Waals surface area contributed by atoms with Gasteiger partial charge in [0.2, 0.25) is 10.0 Å². The van der Waals surface area contributed by atoms with E-state index in [1.165, 1.54) is 26.7 Å². The largest absolute Gasteiger partial charge is 0.455 e. The molecule has 2 fully saturated rings. The van der Waals surface area contributed by atoms with E-state index in [1.807, 2.05) is 0 Å². The van der Waals surface area contributed by atoms with Gasteiger partial charge in [0, 0.05) is 51.9 Å². The molecule has 174 valence electrons. The molecular weight excluding hydrogens is 438 g/mol. The van der Waals surface area contributed by atoms with Crippen LogP contribution < -0.4 is 0 Å². The van der Waals surface area contributed by atoms with Crippen LogP contribution in [0.2, 0.25) is 0 Å². The third-order valence-electron chi connectivity index (χ3n) is 6.70. The van der Waals surface area contributed by atoms with Gasteiger partial charge >= 0.3 is 0 Å². The van der Waals surface area contributed by atoms with Crippen molar-refractivity contribution >= 4 is 26.7 Å². The summed E-state index contributed by atoms with van der Waals surface area (Å²) in [4.78, 5) is 17.3. The third-order valence-corrected chi connectivity index (χ3v) is 8.71. The molecule has 8 heteroatoms. The van der Waals surface area contributed by atoms with Gasteiger partial charge in [0.1, 0.15) is 10.7 Å². The predicted octanol–water partition coefficient (Wildman–Crippen LogP) is 3.48. The van der Waals surface area contributed by atoms with E-state index >= 15 is 0 Å². The second kappa shape index (κ2) is 8.93. The highest BCUT2D eigenvalue weighted by Crippen LogP contribution is 2.27. The van der Waals surface area contributed by atoms with Crippen LogP contribution in [0.25, 0.3) is 10.8 Å². The lowest BCUT2D eigenvalue weighted by molar-refractivity contribution is 0.0597. The van der Waals surface area contributed by atoms with E-state index < -0.39 is 10.0 Å². The zero-order chi connectivity index (χ0) is 23.0. The van der Waals surface area contributed by atoms with Crippen molar-refractivity contribution in [1.29, 1.82) is 0 Å². The van der Waals surface area contributed by atoms with Crippen LogP contribution >= 0.6 is 0 Å². The molecule has 0 atom stereocenters. The molecule has 0 unspecified atom stereocenters. The van der Waals surface area contributed by atoms with E-state index in [2.05, 4.69) is 47.4 Å². The average Bonchev–Trinajstić information content (AvgIpc) is 3.50. The number of benzene rings is 2. The van der Waals surface area contributed by atoms with E-state index in [4.69, 9.17) is 4.42 Å². The topological polar surface area (TPSA) is 74.1 Å².